The summed E-state index contributed by atoms with van der Waals surface area (Å²) < 4.78 is 37.2. The minimum Gasteiger partial charge on any atom is -0.381 e. The van der Waals surface area contributed by atoms with E-state index in [-0.39, 0.29) is 67.9 Å². The molecule has 0 saturated carbocycles. The molecule has 4 fully saturated rings. The molecule has 13 nitrogen and oxygen atoms in total. The first-order valence-corrected chi connectivity index (χ1v) is 20.0. The summed E-state index contributed by atoms with van der Waals surface area (Å²) >= 11 is 9.53. The van der Waals surface area contributed by atoms with Gasteiger partial charge in [0.25, 0.3) is 0 Å². The van der Waals surface area contributed by atoms with E-state index >= 15 is 0 Å². The summed E-state index contributed by atoms with van der Waals surface area (Å²) in [6.45, 7) is 9.83. The Bertz CT molecular complexity index is 1490. The van der Waals surface area contributed by atoms with E-state index < -0.39 is 0 Å². The van der Waals surface area contributed by atoms with Crippen LogP contribution in [-0.4, -0.2) is 99.1 Å². The molecule has 0 unspecified atom stereocenters. The number of alkyl halides is 2. The Morgan fingerprint density at radius 1 is 0.754 bits per heavy atom. The fraction of sp³-hybridized carbons (Fsp3) is 0.600. The molecule has 4 saturated heterocycles. The van der Waals surface area contributed by atoms with Gasteiger partial charge < -0.3 is 41.0 Å². The summed E-state index contributed by atoms with van der Waals surface area (Å²) in [7, 11) is 0. The van der Waals surface area contributed by atoms with Gasteiger partial charge in [-0.1, -0.05) is 19.6 Å². The molecule has 0 aromatic heterocycles. The van der Waals surface area contributed by atoms with Crippen LogP contribution in [0.25, 0.3) is 0 Å². The van der Waals surface area contributed by atoms with Gasteiger partial charge in [-0.25, -0.2) is 18.4 Å². The van der Waals surface area contributed by atoms with Crippen LogP contribution >= 0.6 is 23.2 Å². The number of aryl methyl sites for hydroxylation is 2. The Morgan fingerprint density at radius 2 is 1.18 bits per heavy atom. The van der Waals surface area contributed by atoms with E-state index in [1.165, 1.54) is 31.4 Å². The van der Waals surface area contributed by atoms with Crippen molar-refractivity contribution in [2.45, 2.75) is 91.1 Å². The normalized spacial score (nSPS) is 16.9. The molecular formula is C40H62Cl2F2N6O7. The van der Waals surface area contributed by atoms with Gasteiger partial charge in [-0.15, -0.1) is 23.2 Å². The van der Waals surface area contributed by atoms with Gasteiger partial charge in [0.05, 0.1) is 5.34 Å². The predicted octanol–water partition coefficient (Wildman–Crippen LogP) is 7.59. The summed E-state index contributed by atoms with van der Waals surface area (Å²) in [5.41, 5.74) is 2.01. The minimum atomic E-state index is -0.345. The van der Waals surface area contributed by atoms with E-state index in [1.807, 2.05) is 4.90 Å². The van der Waals surface area contributed by atoms with Crippen LogP contribution in [0.1, 0.15) is 77.8 Å². The van der Waals surface area contributed by atoms with Gasteiger partial charge >= 0.3 is 18.2 Å². The van der Waals surface area contributed by atoms with Gasteiger partial charge in [0.2, 0.25) is 5.91 Å². The number of benzene rings is 2. The van der Waals surface area contributed by atoms with Crippen molar-refractivity contribution in [2.75, 3.05) is 68.6 Å². The number of rotatable bonds is 5. The first kappa shape index (κ1) is 51.2. The van der Waals surface area contributed by atoms with E-state index in [0.717, 1.165) is 64.8 Å². The van der Waals surface area contributed by atoms with Crippen LogP contribution in [0.4, 0.5) is 29.7 Å². The van der Waals surface area contributed by atoms with Crippen molar-refractivity contribution in [2.24, 2.45) is 5.92 Å². The SMILES string of the molecule is C.C1CCOCC1.Cc1ccc(NC(=O)NC2CCN(C(=O)C3CCOCC3)CC2)cc1F.Cc1ccc(NC(=O)NC2CCNCC2)cc1F.ClCCl.O=C=O.[2HH]. The van der Waals surface area contributed by atoms with Crippen molar-refractivity contribution in [1.29, 1.82) is 0 Å². The molecular weight excluding hydrogens is 785 g/mol. The van der Waals surface area contributed by atoms with Crippen molar-refractivity contribution < 1.29 is 43.7 Å². The Balaban J connectivity index is 0.000000877. The Kier molecular flexibility index (Phi) is 27.2. The van der Waals surface area contributed by atoms with Crippen molar-refractivity contribution in [3.05, 3.63) is 59.2 Å². The second kappa shape index (κ2) is 30.3. The van der Waals surface area contributed by atoms with Crippen LogP contribution in [0, 0.1) is 31.4 Å². The number of halogens is 4. The lowest BCUT2D eigenvalue weighted by Gasteiger charge is -2.35. The number of hydrogen-bond acceptors (Lipinski definition) is 8. The van der Waals surface area contributed by atoms with Crippen LogP contribution in [0.5, 0.6) is 0 Å². The monoisotopic (exact) mass is 847 g/mol. The second-order valence-electron chi connectivity index (χ2n) is 13.5. The zero-order chi connectivity index (χ0) is 41.1. The van der Waals surface area contributed by atoms with Crippen LogP contribution in [0.3, 0.4) is 0 Å². The highest BCUT2D eigenvalue weighted by atomic mass is 35.5. The Hall–Kier alpha value is -3.85. The number of nitrogens with zero attached hydrogens (tertiary/aromatic N) is 1. The molecule has 2 aromatic carbocycles. The largest absolute Gasteiger partial charge is 0.381 e. The molecule has 5 N–H and O–H groups in total. The molecule has 6 rings (SSSR count). The number of urea groups is 2. The van der Waals surface area contributed by atoms with E-state index in [9.17, 15) is 23.2 Å². The van der Waals surface area contributed by atoms with Crippen LogP contribution < -0.4 is 26.6 Å². The first-order valence-electron chi connectivity index (χ1n) is 18.9. The summed E-state index contributed by atoms with van der Waals surface area (Å²) in [6.07, 6.45) is 9.08. The molecule has 322 valence electrons. The summed E-state index contributed by atoms with van der Waals surface area (Å²) in [5.74, 6) is -0.364. The zero-order valence-corrected chi connectivity index (χ0v) is 33.8. The maximum Gasteiger partial charge on any atom is 0.373 e. The fourth-order valence-electron chi connectivity index (χ4n) is 6.15. The fourth-order valence-corrected chi connectivity index (χ4v) is 6.15. The third kappa shape index (κ3) is 21.5. The molecule has 17 heteroatoms. The van der Waals surface area contributed by atoms with E-state index in [2.05, 4.69) is 26.6 Å². The Labute approximate surface area is 347 Å². The molecule has 4 aliphatic heterocycles. The number of anilines is 2. The highest BCUT2D eigenvalue weighted by Crippen LogP contribution is 2.21. The molecule has 4 aliphatic rings. The lowest BCUT2D eigenvalue weighted by atomic mass is 9.96. The van der Waals surface area contributed by atoms with Gasteiger partial charge in [-0.05, 0) is 120 Å². The number of nitrogens with one attached hydrogen (secondary N) is 5. The topological polar surface area (TPSA) is 167 Å². The zero-order valence-electron chi connectivity index (χ0n) is 32.2. The number of amides is 5. The van der Waals surface area contributed by atoms with Crippen LogP contribution in [0.2, 0.25) is 0 Å². The summed E-state index contributed by atoms with van der Waals surface area (Å²) in [6, 6.07) is 8.88. The first-order chi connectivity index (χ1) is 27.0. The molecule has 0 spiro atoms. The van der Waals surface area contributed by atoms with Gasteiger partial charge in [0.15, 0.2) is 0 Å². The van der Waals surface area contributed by atoms with Crippen molar-refractivity contribution in [3.63, 3.8) is 0 Å². The number of hydrogen-bond donors (Lipinski definition) is 5. The lowest BCUT2D eigenvalue weighted by molar-refractivity contribution is -0.191. The lowest BCUT2D eigenvalue weighted by Crippen LogP contribution is -2.49. The summed E-state index contributed by atoms with van der Waals surface area (Å²) in [4.78, 5) is 54.5. The molecule has 0 atom stereocenters. The highest BCUT2D eigenvalue weighted by Gasteiger charge is 2.30. The van der Waals surface area contributed by atoms with E-state index in [1.54, 1.807) is 38.1 Å². The maximum absolute atomic E-state index is 13.5. The van der Waals surface area contributed by atoms with Crippen LogP contribution in [-0.2, 0) is 23.9 Å². The van der Waals surface area contributed by atoms with Gasteiger partial charge in [0, 0.05) is 70.3 Å². The van der Waals surface area contributed by atoms with Crippen molar-refractivity contribution in [1.82, 2.24) is 20.9 Å². The third-order valence-corrected chi connectivity index (χ3v) is 9.32. The van der Waals surface area contributed by atoms with Gasteiger partial charge in [0.1, 0.15) is 11.6 Å². The van der Waals surface area contributed by atoms with Gasteiger partial charge in [-0.3, -0.25) is 4.79 Å². The highest BCUT2D eigenvalue weighted by molar-refractivity contribution is 6.40. The molecule has 57 heavy (non-hydrogen) atoms. The van der Waals surface area contributed by atoms with Crippen LogP contribution in [0.15, 0.2) is 36.4 Å². The Morgan fingerprint density at radius 3 is 1.56 bits per heavy atom. The average Bonchev–Trinajstić information content (AvgIpc) is 3.20. The second-order valence-corrected chi connectivity index (χ2v) is 14.3. The van der Waals surface area contributed by atoms with E-state index in [0.29, 0.717) is 48.8 Å². The number of piperidine rings is 2. The molecule has 0 aliphatic carbocycles. The molecule has 0 bridgehead atoms. The molecule has 0 radical (unpaired) electrons. The standard InChI is InChI=1S/C19H26FN3O3.C13H18FN3O.C5H10O.CH2Cl2.CO2.CH4.H2/c1-13-2-3-16(12-17(13)20)22-19(25)21-15-4-8-23(9-5-15)18(24)14-6-10-26-11-7-14;1-9-2-3-11(8-12(9)14)17-13(18)16-10-4-6-15-7-5-10;1-2-4-6-5-3-1;2*2-1-3;;/h2-3,12,14-15H,4-11H2,1H3,(H2,21,22,25);2-3,8,10,15H,4-7H2,1H3,(H2,16,17,18);1-5H2;1H2;;1H4;1H/i;;;;;;1+1. The van der Waals surface area contributed by atoms with Crippen molar-refractivity contribution >= 4 is 58.7 Å². The molecule has 4 heterocycles. The predicted molar refractivity (Wildman–Crippen MR) is 221 cm³/mol. The van der Waals surface area contributed by atoms with Gasteiger partial charge in [-0.2, -0.15) is 9.59 Å². The quantitative estimate of drug-likeness (QED) is 0.192. The molecule has 5 amide bonds. The number of ether oxygens (including phenoxy) is 2. The minimum absolute atomic E-state index is 0. The molecule has 2 aromatic rings. The van der Waals surface area contributed by atoms with E-state index in [4.69, 9.17) is 42.3 Å². The summed E-state index contributed by atoms with van der Waals surface area (Å²) in [5, 5.41) is 14.5. The number of carbonyl (C=O) groups excluding carboxylic acids is 5. The number of likely N-dealkylation sites (tertiary alicyclic amines) is 1. The number of carbonyl (C=O) groups is 3. The van der Waals surface area contributed by atoms with Crippen molar-refractivity contribution in [3.8, 4) is 0 Å². The third-order valence-electron chi connectivity index (χ3n) is 9.32. The maximum atomic E-state index is 13.5. The average molecular weight is 849 g/mol. The smallest absolute Gasteiger partial charge is 0.373 e.